The fourth-order valence-electron chi connectivity index (χ4n) is 2.20. The first-order chi connectivity index (χ1) is 8.31. The number of amides is 1. The predicted molar refractivity (Wildman–Crippen MR) is 66.9 cm³/mol. The number of benzene rings is 1. The zero-order valence-electron chi connectivity index (χ0n) is 10.2. The van der Waals surface area contributed by atoms with E-state index in [0.29, 0.717) is 6.61 Å². The molecule has 0 aliphatic heterocycles. The van der Waals surface area contributed by atoms with Gasteiger partial charge in [0.2, 0.25) is 0 Å². The van der Waals surface area contributed by atoms with E-state index in [1.54, 1.807) is 0 Å². The Kier molecular flexibility index (Phi) is 4.02. The molecule has 1 amide bonds. The highest BCUT2D eigenvalue weighted by Gasteiger charge is 2.23. The zero-order valence-corrected chi connectivity index (χ0v) is 10.2. The maximum Gasteiger partial charge on any atom is 0.407 e. The van der Waals surface area contributed by atoms with Gasteiger partial charge in [-0.1, -0.05) is 37.6 Å². The summed E-state index contributed by atoms with van der Waals surface area (Å²) in [6.45, 7) is 2.59. The molecule has 0 radical (unpaired) electrons. The number of rotatable bonds is 4. The normalized spacial score (nSPS) is 17.6. The highest BCUT2D eigenvalue weighted by molar-refractivity contribution is 5.68. The van der Waals surface area contributed by atoms with E-state index in [-0.39, 0.29) is 12.1 Å². The van der Waals surface area contributed by atoms with Crippen molar-refractivity contribution in [1.82, 2.24) is 5.32 Å². The molecule has 0 spiro atoms. The third-order valence-electron chi connectivity index (χ3n) is 3.16. The van der Waals surface area contributed by atoms with Gasteiger partial charge in [-0.25, -0.2) is 4.79 Å². The van der Waals surface area contributed by atoms with E-state index in [1.165, 1.54) is 11.1 Å². The highest BCUT2D eigenvalue weighted by atomic mass is 16.5. The molecule has 2 rings (SSSR count). The number of carbonyl (C=O) groups excluding carboxylic acids is 1. The summed E-state index contributed by atoms with van der Waals surface area (Å²) in [6, 6.07) is 8.39. The quantitative estimate of drug-likeness (QED) is 0.811. The molecule has 0 bridgehead atoms. The van der Waals surface area contributed by atoms with Gasteiger partial charge in [-0.3, -0.25) is 0 Å². The molecular formula is C14H19NO2. The first-order valence-electron chi connectivity index (χ1n) is 6.32. The van der Waals surface area contributed by atoms with Crippen molar-refractivity contribution < 1.29 is 9.53 Å². The summed E-state index contributed by atoms with van der Waals surface area (Å²) in [4.78, 5) is 11.6. The minimum atomic E-state index is -0.292. The Balaban J connectivity index is 1.87. The number of alkyl carbamates (subject to hydrolysis) is 1. The van der Waals surface area contributed by atoms with E-state index >= 15 is 0 Å². The number of hydrogen-bond donors (Lipinski definition) is 1. The van der Waals surface area contributed by atoms with Gasteiger partial charge in [-0.15, -0.1) is 0 Å². The highest BCUT2D eigenvalue weighted by Crippen LogP contribution is 2.30. The number of fused-ring (bicyclic) bond motifs is 1. The molecule has 0 saturated carbocycles. The van der Waals surface area contributed by atoms with Gasteiger partial charge in [0.05, 0.1) is 12.6 Å². The van der Waals surface area contributed by atoms with Crippen molar-refractivity contribution in [1.29, 1.82) is 0 Å². The summed E-state index contributed by atoms with van der Waals surface area (Å²) in [7, 11) is 0. The minimum absolute atomic E-state index is 0.125. The van der Waals surface area contributed by atoms with Crippen LogP contribution in [0.1, 0.15) is 43.4 Å². The van der Waals surface area contributed by atoms with Crippen LogP contribution in [-0.2, 0) is 11.2 Å². The Morgan fingerprint density at radius 3 is 3.12 bits per heavy atom. The number of carbonyl (C=O) groups is 1. The van der Waals surface area contributed by atoms with Crippen LogP contribution in [0.5, 0.6) is 0 Å². The number of ether oxygens (including phenoxy) is 1. The van der Waals surface area contributed by atoms with Crippen LogP contribution < -0.4 is 5.32 Å². The van der Waals surface area contributed by atoms with Gasteiger partial charge in [0.25, 0.3) is 0 Å². The number of nitrogens with one attached hydrogen (secondary N) is 1. The minimum Gasteiger partial charge on any atom is -0.450 e. The Morgan fingerprint density at radius 1 is 1.47 bits per heavy atom. The molecule has 1 unspecified atom stereocenters. The molecule has 0 fully saturated rings. The molecule has 1 aromatic carbocycles. The van der Waals surface area contributed by atoms with E-state index in [0.717, 1.165) is 25.7 Å². The molecule has 0 heterocycles. The van der Waals surface area contributed by atoms with Crippen LogP contribution in [-0.4, -0.2) is 12.7 Å². The van der Waals surface area contributed by atoms with E-state index in [9.17, 15) is 4.79 Å². The lowest BCUT2D eigenvalue weighted by Crippen LogP contribution is -2.28. The first-order valence-corrected chi connectivity index (χ1v) is 6.32. The van der Waals surface area contributed by atoms with Crippen LogP contribution >= 0.6 is 0 Å². The van der Waals surface area contributed by atoms with Crippen molar-refractivity contribution >= 4 is 6.09 Å². The Morgan fingerprint density at radius 2 is 2.29 bits per heavy atom. The summed E-state index contributed by atoms with van der Waals surface area (Å²) in [6.07, 6.45) is 3.69. The third-order valence-corrected chi connectivity index (χ3v) is 3.16. The van der Waals surface area contributed by atoms with Crippen molar-refractivity contribution in [2.24, 2.45) is 0 Å². The number of unbranched alkanes of at least 4 members (excludes halogenated alkanes) is 1. The molecule has 0 aromatic heterocycles. The molecule has 3 nitrogen and oxygen atoms in total. The lowest BCUT2D eigenvalue weighted by molar-refractivity contribution is 0.140. The van der Waals surface area contributed by atoms with Crippen LogP contribution in [0.3, 0.4) is 0 Å². The van der Waals surface area contributed by atoms with Crippen molar-refractivity contribution in [3.63, 3.8) is 0 Å². The zero-order chi connectivity index (χ0) is 12.1. The second-order valence-electron chi connectivity index (χ2n) is 4.42. The lowest BCUT2D eigenvalue weighted by Gasteiger charge is -2.13. The van der Waals surface area contributed by atoms with Crippen molar-refractivity contribution in [2.45, 2.75) is 38.6 Å². The van der Waals surface area contributed by atoms with Crippen LogP contribution in [0.25, 0.3) is 0 Å². The molecule has 92 valence electrons. The van der Waals surface area contributed by atoms with Crippen molar-refractivity contribution in [3.8, 4) is 0 Å². The summed E-state index contributed by atoms with van der Waals surface area (Å²) < 4.78 is 5.11. The summed E-state index contributed by atoms with van der Waals surface area (Å²) in [5, 5.41) is 2.93. The first kappa shape index (κ1) is 12.0. The standard InChI is InChI=1S/C14H19NO2/c1-2-3-10-17-14(16)15-13-9-8-11-6-4-5-7-12(11)13/h4-7,13H,2-3,8-10H2,1H3,(H,15,16). The van der Waals surface area contributed by atoms with Crippen LogP contribution in [0.15, 0.2) is 24.3 Å². The SMILES string of the molecule is CCCCOC(=O)NC1CCc2ccccc21. The number of aryl methyl sites for hydroxylation is 1. The second kappa shape index (κ2) is 5.71. The number of hydrogen-bond acceptors (Lipinski definition) is 2. The van der Waals surface area contributed by atoms with Gasteiger partial charge in [0.1, 0.15) is 0 Å². The van der Waals surface area contributed by atoms with E-state index in [1.807, 2.05) is 12.1 Å². The molecule has 17 heavy (non-hydrogen) atoms. The maximum atomic E-state index is 11.6. The molecule has 1 N–H and O–H groups in total. The Bertz CT molecular complexity index is 390. The van der Waals surface area contributed by atoms with Crippen LogP contribution in [0.4, 0.5) is 4.79 Å². The summed E-state index contributed by atoms with van der Waals surface area (Å²) in [5.74, 6) is 0. The molecule has 0 saturated heterocycles. The van der Waals surface area contributed by atoms with Crippen LogP contribution in [0, 0.1) is 0 Å². The van der Waals surface area contributed by atoms with Crippen LogP contribution in [0.2, 0.25) is 0 Å². The average Bonchev–Trinajstić information content (AvgIpc) is 2.73. The van der Waals surface area contributed by atoms with Gasteiger partial charge in [-0.05, 0) is 30.4 Å². The van der Waals surface area contributed by atoms with Crippen molar-refractivity contribution in [2.75, 3.05) is 6.61 Å². The topological polar surface area (TPSA) is 38.3 Å². The maximum absolute atomic E-state index is 11.6. The van der Waals surface area contributed by atoms with E-state index in [4.69, 9.17) is 4.74 Å². The van der Waals surface area contributed by atoms with Gasteiger partial charge in [0.15, 0.2) is 0 Å². The van der Waals surface area contributed by atoms with Gasteiger partial charge >= 0.3 is 6.09 Å². The Labute approximate surface area is 102 Å². The lowest BCUT2D eigenvalue weighted by atomic mass is 10.1. The molecular weight excluding hydrogens is 214 g/mol. The Hall–Kier alpha value is -1.51. The molecule has 1 aliphatic carbocycles. The van der Waals surface area contributed by atoms with Gasteiger partial charge < -0.3 is 10.1 Å². The molecule has 3 heteroatoms. The van der Waals surface area contributed by atoms with Gasteiger partial charge in [-0.2, -0.15) is 0 Å². The summed E-state index contributed by atoms with van der Waals surface area (Å²) in [5.41, 5.74) is 2.58. The van der Waals surface area contributed by atoms with Crippen molar-refractivity contribution in [3.05, 3.63) is 35.4 Å². The molecule has 1 atom stereocenters. The summed E-state index contributed by atoms with van der Waals surface area (Å²) >= 11 is 0. The monoisotopic (exact) mass is 233 g/mol. The smallest absolute Gasteiger partial charge is 0.407 e. The third kappa shape index (κ3) is 2.99. The fourth-order valence-corrected chi connectivity index (χ4v) is 2.20. The second-order valence-corrected chi connectivity index (χ2v) is 4.42. The average molecular weight is 233 g/mol. The van der Waals surface area contributed by atoms with E-state index in [2.05, 4.69) is 24.4 Å². The molecule has 1 aliphatic rings. The fraction of sp³-hybridized carbons (Fsp3) is 0.500. The van der Waals surface area contributed by atoms with Gasteiger partial charge in [0, 0.05) is 0 Å². The molecule has 1 aromatic rings. The van der Waals surface area contributed by atoms with E-state index < -0.39 is 0 Å². The largest absolute Gasteiger partial charge is 0.450 e. The predicted octanol–water partition coefficient (Wildman–Crippen LogP) is 3.20.